The molecule has 3 N–H and O–H groups in total. The summed E-state index contributed by atoms with van der Waals surface area (Å²) in [5.41, 5.74) is 2.62. The topological polar surface area (TPSA) is 70.4 Å². The molecule has 8 heteroatoms. The minimum atomic E-state index is -0.0672. The first-order valence-corrected chi connectivity index (χ1v) is 9.60. The fourth-order valence-electron chi connectivity index (χ4n) is 2.47. The van der Waals surface area contributed by atoms with Crippen LogP contribution < -0.4 is 16.0 Å². The summed E-state index contributed by atoms with van der Waals surface area (Å²) < 4.78 is 1.83. The molecule has 0 aliphatic carbocycles. The van der Waals surface area contributed by atoms with E-state index in [1.165, 1.54) is 0 Å². The minimum Gasteiger partial charge on any atom is -0.357 e. The molecule has 0 saturated carbocycles. The first-order valence-electron chi connectivity index (χ1n) is 8.85. The number of amides is 1. The number of nitrogens with one attached hydrogen (secondary N) is 3. The maximum Gasteiger partial charge on any atom is 0.251 e. The number of carbonyl (C=O) groups excluding carboxylic acids is 1. The van der Waals surface area contributed by atoms with Crippen molar-refractivity contribution in [2.45, 2.75) is 26.9 Å². The van der Waals surface area contributed by atoms with Gasteiger partial charge in [0.15, 0.2) is 5.96 Å². The molecule has 1 aromatic heterocycles. The number of hydrogen-bond acceptors (Lipinski definition) is 2. The Balaban J connectivity index is 2.00. The first kappa shape index (κ1) is 21.1. The van der Waals surface area contributed by atoms with Gasteiger partial charge in [-0.1, -0.05) is 35.3 Å². The average molecular weight is 410 g/mol. The van der Waals surface area contributed by atoms with Crippen LogP contribution in [0.2, 0.25) is 10.2 Å². The summed E-state index contributed by atoms with van der Waals surface area (Å²) in [6, 6.07) is 9.28. The number of aliphatic imine (C=N–C) groups is 1. The number of aromatic nitrogens is 1. The number of hydrogen-bond donors (Lipinski definition) is 3. The van der Waals surface area contributed by atoms with E-state index in [4.69, 9.17) is 23.2 Å². The van der Waals surface area contributed by atoms with Gasteiger partial charge in [0.2, 0.25) is 0 Å². The monoisotopic (exact) mass is 409 g/mol. The van der Waals surface area contributed by atoms with Crippen LogP contribution in [-0.2, 0) is 20.1 Å². The molecule has 0 fully saturated rings. The van der Waals surface area contributed by atoms with Crippen LogP contribution >= 0.6 is 23.2 Å². The highest BCUT2D eigenvalue weighted by Crippen LogP contribution is 2.24. The molecule has 146 valence electrons. The van der Waals surface area contributed by atoms with Crippen molar-refractivity contribution >= 4 is 35.1 Å². The second kappa shape index (κ2) is 10.2. The van der Waals surface area contributed by atoms with Crippen LogP contribution in [0.5, 0.6) is 0 Å². The summed E-state index contributed by atoms with van der Waals surface area (Å²) in [5, 5.41) is 10.3. The Hall–Kier alpha value is -2.18. The van der Waals surface area contributed by atoms with E-state index in [1.807, 2.05) is 55.8 Å². The molecule has 0 radical (unpaired) electrons. The third kappa shape index (κ3) is 5.91. The maximum absolute atomic E-state index is 11.8. The van der Waals surface area contributed by atoms with Crippen molar-refractivity contribution < 1.29 is 4.79 Å². The third-order valence-electron chi connectivity index (χ3n) is 3.97. The molecule has 1 amide bonds. The molecule has 0 saturated heterocycles. The summed E-state index contributed by atoms with van der Waals surface area (Å²) >= 11 is 12.2. The van der Waals surface area contributed by atoms with Crippen molar-refractivity contribution in [3.63, 3.8) is 0 Å². The average Bonchev–Trinajstić information content (AvgIpc) is 2.91. The molecule has 27 heavy (non-hydrogen) atoms. The number of benzene rings is 1. The van der Waals surface area contributed by atoms with Crippen LogP contribution in [0.15, 0.2) is 35.3 Å². The summed E-state index contributed by atoms with van der Waals surface area (Å²) in [6.07, 6.45) is 0. The minimum absolute atomic E-state index is 0.0672. The molecule has 2 aromatic rings. The molecule has 0 unspecified atom stereocenters. The van der Waals surface area contributed by atoms with E-state index in [0.29, 0.717) is 41.3 Å². The normalized spacial score (nSPS) is 11.4. The Kier molecular flexibility index (Phi) is 8.00. The standard InChI is InChI=1S/C19H25Cl2N5O/c1-4-22-18(27)14-8-6-13(7-9-14)11-24-19(23-5-2)25-12-15-10-16(20)17(21)26(15)3/h6-10H,4-5,11-12H2,1-3H3,(H,22,27)(H2,23,24,25). The lowest BCUT2D eigenvalue weighted by atomic mass is 10.1. The van der Waals surface area contributed by atoms with E-state index < -0.39 is 0 Å². The Labute approximate surface area is 170 Å². The van der Waals surface area contributed by atoms with Crippen LogP contribution in [0.4, 0.5) is 0 Å². The lowest BCUT2D eigenvalue weighted by molar-refractivity contribution is 0.0956. The van der Waals surface area contributed by atoms with Gasteiger partial charge in [0.05, 0.1) is 18.1 Å². The summed E-state index contributed by atoms with van der Waals surface area (Å²) in [5.74, 6) is 0.626. The van der Waals surface area contributed by atoms with Crippen LogP contribution in [0, 0.1) is 0 Å². The first-order chi connectivity index (χ1) is 13.0. The number of nitrogens with zero attached hydrogens (tertiary/aromatic N) is 2. The smallest absolute Gasteiger partial charge is 0.251 e. The Morgan fingerprint density at radius 1 is 1.07 bits per heavy atom. The molecule has 1 aromatic carbocycles. The van der Waals surface area contributed by atoms with Gasteiger partial charge in [0.1, 0.15) is 5.15 Å². The van der Waals surface area contributed by atoms with Crippen molar-refractivity contribution in [2.24, 2.45) is 12.0 Å². The lowest BCUT2D eigenvalue weighted by Crippen LogP contribution is -2.37. The number of rotatable bonds is 7. The largest absolute Gasteiger partial charge is 0.357 e. The molecule has 0 spiro atoms. The van der Waals surface area contributed by atoms with Crippen LogP contribution in [-0.4, -0.2) is 29.5 Å². The molecule has 0 aliphatic rings. The summed E-state index contributed by atoms with van der Waals surface area (Å²) in [4.78, 5) is 16.4. The predicted octanol–water partition coefficient (Wildman–Crippen LogP) is 3.34. The van der Waals surface area contributed by atoms with Crippen molar-refractivity contribution in [3.05, 3.63) is 57.3 Å². The molecule has 2 rings (SSSR count). The van der Waals surface area contributed by atoms with Gasteiger partial charge in [0, 0.05) is 31.4 Å². The number of halogens is 2. The zero-order valence-electron chi connectivity index (χ0n) is 15.8. The highest BCUT2D eigenvalue weighted by molar-refractivity contribution is 6.41. The Morgan fingerprint density at radius 2 is 1.74 bits per heavy atom. The van der Waals surface area contributed by atoms with E-state index in [9.17, 15) is 4.79 Å². The molecule has 6 nitrogen and oxygen atoms in total. The molecular formula is C19H25Cl2N5O. The van der Waals surface area contributed by atoms with E-state index in [1.54, 1.807) is 0 Å². The SMILES string of the molecule is CCNC(=O)c1ccc(CN=C(NCC)NCc2cc(Cl)c(Cl)n2C)cc1. The predicted molar refractivity (Wildman–Crippen MR) is 112 cm³/mol. The van der Waals surface area contributed by atoms with E-state index >= 15 is 0 Å². The van der Waals surface area contributed by atoms with Crippen LogP contribution in [0.1, 0.15) is 35.5 Å². The summed E-state index contributed by atoms with van der Waals surface area (Å²) in [7, 11) is 1.87. The zero-order chi connectivity index (χ0) is 19.8. The second-order valence-electron chi connectivity index (χ2n) is 5.94. The summed E-state index contributed by atoms with van der Waals surface area (Å²) in [6.45, 7) is 6.31. The fraction of sp³-hybridized carbons (Fsp3) is 0.368. The van der Waals surface area contributed by atoms with Crippen molar-refractivity contribution in [1.82, 2.24) is 20.5 Å². The van der Waals surface area contributed by atoms with Gasteiger partial charge < -0.3 is 20.5 Å². The molecular weight excluding hydrogens is 385 g/mol. The zero-order valence-corrected chi connectivity index (χ0v) is 17.3. The second-order valence-corrected chi connectivity index (χ2v) is 6.70. The van der Waals surface area contributed by atoms with Crippen molar-refractivity contribution in [1.29, 1.82) is 0 Å². The van der Waals surface area contributed by atoms with Gasteiger partial charge in [-0.3, -0.25) is 4.79 Å². The lowest BCUT2D eigenvalue weighted by Gasteiger charge is -2.12. The molecule has 0 bridgehead atoms. The highest BCUT2D eigenvalue weighted by Gasteiger charge is 2.09. The van der Waals surface area contributed by atoms with Crippen molar-refractivity contribution in [2.75, 3.05) is 13.1 Å². The van der Waals surface area contributed by atoms with Crippen LogP contribution in [0.3, 0.4) is 0 Å². The number of guanidine groups is 1. The van der Waals surface area contributed by atoms with Gasteiger partial charge in [-0.25, -0.2) is 4.99 Å². The van der Waals surface area contributed by atoms with Crippen molar-refractivity contribution in [3.8, 4) is 0 Å². The molecule has 0 aliphatic heterocycles. The van der Waals surface area contributed by atoms with Gasteiger partial charge in [-0.15, -0.1) is 0 Å². The van der Waals surface area contributed by atoms with Crippen LogP contribution in [0.25, 0.3) is 0 Å². The number of carbonyl (C=O) groups is 1. The van der Waals surface area contributed by atoms with Gasteiger partial charge in [0.25, 0.3) is 5.91 Å². The molecule has 0 atom stereocenters. The highest BCUT2D eigenvalue weighted by atomic mass is 35.5. The fourth-order valence-corrected chi connectivity index (χ4v) is 2.88. The Bertz CT molecular complexity index is 799. The maximum atomic E-state index is 11.8. The van der Waals surface area contributed by atoms with E-state index in [-0.39, 0.29) is 5.91 Å². The van der Waals surface area contributed by atoms with Gasteiger partial charge >= 0.3 is 0 Å². The van der Waals surface area contributed by atoms with Gasteiger partial charge in [-0.05, 0) is 37.6 Å². The third-order valence-corrected chi connectivity index (χ3v) is 4.81. The van der Waals surface area contributed by atoms with E-state index in [0.717, 1.165) is 17.8 Å². The Morgan fingerprint density at radius 3 is 2.30 bits per heavy atom. The quantitative estimate of drug-likeness (QED) is 0.485. The van der Waals surface area contributed by atoms with E-state index in [2.05, 4.69) is 20.9 Å². The molecule has 1 heterocycles. The van der Waals surface area contributed by atoms with Gasteiger partial charge in [-0.2, -0.15) is 0 Å².